The zero-order valence-corrected chi connectivity index (χ0v) is 34.0. The second kappa shape index (κ2) is 14.6. The van der Waals surface area contributed by atoms with Gasteiger partial charge >= 0.3 is 0 Å². The predicted molar refractivity (Wildman–Crippen MR) is 244 cm³/mol. The van der Waals surface area contributed by atoms with E-state index in [1.165, 1.54) is 17.7 Å². The van der Waals surface area contributed by atoms with E-state index in [9.17, 15) is 5.11 Å². The number of phenolic OH excluding ortho intramolecular Hbond substituents is 1. The maximum atomic E-state index is 11.7. The molecule has 0 bridgehead atoms. The summed E-state index contributed by atoms with van der Waals surface area (Å²) in [5.74, 6) is 0.773. The number of pyridine rings is 1. The molecule has 0 atom stereocenters. The van der Waals surface area contributed by atoms with Crippen LogP contribution >= 0.6 is 0 Å². The van der Waals surface area contributed by atoms with E-state index in [1.807, 2.05) is 56.3 Å². The molecule has 0 aliphatic carbocycles. The van der Waals surface area contributed by atoms with Crippen molar-refractivity contribution in [3.8, 4) is 67.5 Å². The van der Waals surface area contributed by atoms with Gasteiger partial charge in [-0.3, -0.25) is 9.55 Å². The molecular weight excluding hydrogens is 707 g/mol. The third kappa shape index (κ3) is 7.24. The van der Waals surface area contributed by atoms with Crippen LogP contribution in [0.1, 0.15) is 87.0 Å². The Bertz CT molecular complexity index is 3140. The fraction of sp³-hybridized carbons (Fsp3) is 0.222. The van der Waals surface area contributed by atoms with Gasteiger partial charge in [-0.15, -0.1) is 0 Å². The van der Waals surface area contributed by atoms with Crippen molar-refractivity contribution < 1.29 is 17.4 Å². The summed E-state index contributed by atoms with van der Waals surface area (Å²) in [6, 6.07) is 40.6. The summed E-state index contributed by atoms with van der Waals surface area (Å²) < 4.78 is 75.7. The maximum Gasteiger partial charge on any atom is 0.149 e. The van der Waals surface area contributed by atoms with Crippen LogP contribution in [0.2, 0.25) is 0 Å². The number of fused-ring (bicyclic) bond motifs is 1. The first kappa shape index (κ1) is 29.0. The number of hydrogen-bond acceptors (Lipinski definition) is 3. The highest BCUT2D eigenvalue weighted by Gasteiger charge is 2.24. The molecule has 0 spiro atoms. The standard InChI is InChI=1S/C54H53N3O/c1-33-25-35(3)51(58)47(26-33)52-56-50-45(17-14-18-49(50)57(52)44-27-34(2)36(4)46(32-44)38-15-12-11-13-16-38)40-28-41(30-43(29-40)54(8,9)10)48-31-39(23-24-55-48)37-19-21-42(22-20-37)53(5,6)7/h11-32,58H,1-10H3/i5D3,6D3,7D3. The summed E-state index contributed by atoms with van der Waals surface area (Å²) in [5.41, 5.74) is 11.4. The first-order chi connectivity index (χ1) is 31.3. The number of phenols is 1. The SMILES string of the molecule is [2H]C([2H])([2H])C(c1ccc(-c2ccnc(-c3cc(-c4cccc5c4nc(-c4cc(C)cc(C)c4O)n5-c4cc(C)c(C)c(-c5ccccc5)c4)cc(C(C)(C)C)c3)c2)cc1)(C([2H])([2H])[2H])C([2H])([2H])[2H]. The molecule has 58 heavy (non-hydrogen) atoms. The van der Waals surface area contributed by atoms with Gasteiger partial charge in [0.05, 0.1) is 22.3 Å². The highest BCUT2D eigenvalue weighted by molar-refractivity contribution is 5.97. The summed E-state index contributed by atoms with van der Waals surface area (Å²) in [6.07, 6.45) is 1.68. The third-order valence-electron chi connectivity index (χ3n) is 11.2. The fourth-order valence-electron chi connectivity index (χ4n) is 7.84. The Morgan fingerprint density at radius 1 is 0.569 bits per heavy atom. The topological polar surface area (TPSA) is 50.9 Å². The maximum absolute atomic E-state index is 11.7. The molecule has 290 valence electrons. The van der Waals surface area contributed by atoms with Crippen LogP contribution in [0.15, 0.2) is 134 Å². The Kier molecular flexibility index (Phi) is 7.31. The molecule has 8 aromatic rings. The first-order valence-electron chi connectivity index (χ1n) is 24.0. The molecule has 0 radical (unpaired) electrons. The van der Waals surface area contributed by atoms with Gasteiger partial charge in [-0.05, 0) is 148 Å². The van der Waals surface area contributed by atoms with E-state index in [0.717, 1.165) is 66.8 Å². The lowest BCUT2D eigenvalue weighted by Gasteiger charge is -2.22. The number of aromatic hydroxyl groups is 1. The number of para-hydroxylation sites is 1. The average Bonchev–Trinajstić information content (AvgIpc) is 3.64. The quantitative estimate of drug-likeness (QED) is 0.183. The van der Waals surface area contributed by atoms with E-state index in [0.29, 0.717) is 28.2 Å². The van der Waals surface area contributed by atoms with Crippen molar-refractivity contribution in [1.82, 2.24) is 14.5 Å². The summed E-state index contributed by atoms with van der Waals surface area (Å²) in [4.78, 5) is 10.2. The van der Waals surface area contributed by atoms with Crippen molar-refractivity contribution in [1.29, 1.82) is 0 Å². The number of nitrogens with zero attached hydrogens (tertiary/aromatic N) is 3. The van der Waals surface area contributed by atoms with Gasteiger partial charge in [0, 0.05) is 35.3 Å². The highest BCUT2D eigenvalue weighted by Crippen LogP contribution is 2.42. The van der Waals surface area contributed by atoms with Crippen LogP contribution in [0.4, 0.5) is 0 Å². The van der Waals surface area contributed by atoms with Crippen LogP contribution < -0.4 is 0 Å². The Balaban J connectivity index is 1.31. The number of aromatic nitrogens is 3. The Morgan fingerprint density at radius 2 is 1.31 bits per heavy atom. The summed E-state index contributed by atoms with van der Waals surface area (Å²) in [7, 11) is 0. The van der Waals surface area contributed by atoms with Crippen LogP contribution in [0, 0.1) is 27.7 Å². The number of benzene rings is 6. The lowest BCUT2D eigenvalue weighted by molar-refractivity contribution is 0.472. The lowest BCUT2D eigenvalue weighted by Crippen LogP contribution is -2.11. The van der Waals surface area contributed by atoms with Gasteiger partial charge in [-0.2, -0.15) is 0 Å². The van der Waals surface area contributed by atoms with Gasteiger partial charge in [-0.25, -0.2) is 4.98 Å². The van der Waals surface area contributed by atoms with E-state index >= 15 is 0 Å². The molecule has 2 aromatic heterocycles. The predicted octanol–water partition coefficient (Wildman–Crippen LogP) is 14.3. The van der Waals surface area contributed by atoms with Crippen molar-refractivity contribution in [3.63, 3.8) is 0 Å². The van der Waals surface area contributed by atoms with Crippen LogP contribution in [-0.4, -0.2) is 19.6 Å². The Morgan fingerprint density at radius 3 is 2.03 bits per heavy atom. The van der Waals surface area contributed by atoms with Crippen molar-refractivity contribution in [3.05, 3.63) is 167 Å². The first-order valence-corrected chi connectivity index (χ1v) is 19.5. The number of hydrogen-bond donors (Lipinski definition) is 1. The lowest BCUT2D eigenvalue weighted by atomic mass is 9.83. The number of aryl methyl sites for hydroxylation is 3. The highest BCUT2D eigenvalue weighted by atomic mass is 16.3. The van der Waals surface area contributed by atoms with Gasteiger partial charge < -0.3 is 5.11 Å². The molecule has 4 heteroatoms. The minimum Gasteiger partial charge on any atom is -0.507 e. The molecule has 4 nitrogen and oxygen atoms in total. The molecule has 0 amide bonds. The molecular formula is C54H53N3O. The zero-order chi connectivity index (χ0) is 48.6. The van der Waals surface area contributed by atoms with Crippen LogP contribution in [0.5, 0.6) is 5.75 Å². The van der Waals surface area contributed by atoms with E-state index in [4.69, 9.17) is 22.3 Å². The van der Waals surface area contributed by atoms with E-state index in [-0.39, 0.29) is 16.7 Å². The summed E-state index contributed by atoms with van der Waals surface area (Å²) >= 11 is 0. The third-order valence-corrected chi connectivity index (χ3v) is 11.2. The second-order valence-corrected chi connectivity index (χ2v) is 16.5. The van der Waals surface area contributed by atoms with E-state index in [2.05, 4.69) is 93.8 Å². The molecule has 8 rings (SSSR count). The van der Waals surface area contributed by atoms with Gasteiger partial charge in [0.1, 0.15) is 11.6 Å². The summed E-state index contributed by atoms with van der Waals surface area (Å²) in [5, 5.41) is 11.7. The molecule has 0 fully saturated rings. The molecule has 1 N–H and O–H groups in total. The second-order valence-electron chi connectivity index (χ2n) is 16.5. The van der Waals surface area contributed by atoms with Gasteiger partial charge in [-0.1, -0.05) is 120 Å². The van der Waals surface area contributed by atoms with Crippen LogP contribution in [0.25, 0.3) is 72.7 Å². The summed E-state index contributed by atoms with van der Waals surface area (Å²) in [6.45, 7) is 4.55. The average molecular weight is 769 g/mol. The minimum absolute atomic E-state index is 0.166. The normalized spacial score (nSPS) is 15.0. The molecule has 0 aliphatic rings. The molecule has 0 saturated carbocycles. The number of rotatable bonds is 6. The monoisotopic (exact) mass is 768 g/mol. The fourth-order valence-corrected chi connectivity index (χ4v) is 7.84. The van der Waals surface area contributed by atoms with Gasteiger partial charge in [0.25, 0.3) is 0 Å². The zero-order valence-electron chi connectivity index (χ0n) is 43.0. The van der Waals surface area contributed by atoms with Crippen molar-refractivity contribution in [2.24, 2.45) is 0 Å². The van der Waals surface area contributed by atoms with Gasteiger partial charge in [0.15, 0.2) is 0 Å². The van der Waals surface area contributed by atoms with Crippen LogP contribution in [-0.2, 0) is 10.8 Å². The number of imidazole rings is 1. The molecule has 0 aliphatic heterocycles. The molecule has 6 aromatic carbocycles. The van der Waals surface area contributed by atoms with E-state index in [1.54, 1.807) is 24.4 Å². The molecule has 0 saturated heterocycles. The Labute approximate surface area is 356 Å². The molecule has 0 unspecified atom stereocenters. The Hall–Kier alpha value is -6.26. The van der Waals surface area contributed by atoms with Crippen molar-refractivity contribution in [2.45, 2.75) is 79.9 Å². The van der Waals surface area contributed by atoms with Crippen LogP contribution in [0.3, 0.4) is 0 Å². The van der Waals surface area contributed by atoms with Gasteiger partial charge in [0.2, 0.25) is 0 Å². The molecule has 2 heterocycles. The van der Waals surface area contributed by atoms with Crippen molar-refractivity contribution >= 4 is 11.0 Å². The largest absolute Gasteiger partial charge is 0.507 e. The smallest absolute Gasteiger partial charge is 0.149 e. The van der Waals surface area contributed by atoms with Crippen molar-refractivity contribution in [2.75, 3.05) is 0 Å². The minimum atomic E-state index is -3.36. The van der Waals surface area contributed by atoms with E-state index < -0.39 is 26.0 Å².